The predicted octanol–water partition coefficient (Wildman–Crippen LogP) is -2.34. The Balaban J connectivity index is 2.58. The van der Waals surface area contributed by atoms with Gasteiger partial charge in [0.15, 0.2) is 12.2 Å². The fourth-order valence-corrected chi connectivity index (χ4v) is 3.43. The molecule has 1 aliphatic rings. The zero-order valence-electron chi connectivity index (χ0n) is 24.1. The molecule has 1 fully saturated rings. The van der Waals surface area contributed by atoms with Gasteiger partial charge in [0, 0.05) is 27.7 Å². The molecule has 17 nitrogen and oxygen atoms in total. The van der Waals surface area contributed by atoms with E-state index in [2.05, 4.69) is 10.3 Å². The van der Waals surface area contributed by atoms with Crippen LogP contribution < -0.4 is 5.32 Å². The van der Waals surface area contributed by atoms with Crippen molar-refractivity contribution >= 4 is 35.4 Å². The average molecular weight is 609 g/mol. The number of aliphatic hydroxyl groups excluding tert-OH is 2. The van der Waals surface area contributed by atoms with Crippen molar-refractivity contribution in [3.8, 4) is 0 Å². The van der Waals surface area contributed by atoms with Crippen LogP contribution >= 0.6 is 0 Å². The number of aliphatic imine (C=N–C) groups is 1. The molecule has 0 radical (unpaired) electrons. The molecule has 1 heterocycles. The zero-order chi connectivity index (χ0) is 31.5. The molecule has 2 amide bonds. The number of aliphatic hydroxyl groups is 2. The van der Waals surface area contributed by atoms with Gasteiger partial charge in [0.2, 0.25) is 18.1 Å². The van der Waals surface area contributed by atoms with Crippen molar-refractivity contribution in [2.45, 2.75) is 58.3 Å². The van der Waals surface area contributed by atoms with E-state index < -0.39 is 60.4 Å². The molecule has 0 bridgehead atoms. The minimum Gasteiger partial charge on any atom is -0.463 e. The van der Waals surface area contributed by atoms with E-state index in [9.17, 15) is 24.0 Å². The van der Waals surface area contributed by atoms with E-state index in [-0.39, 0.29) is 71.8 Å². The van der Waals surface area contributed by atoms with Gasteiger partial charge in [0.1, 0.15) is 25.0 Å². The molecule has 0 aromatic carbocycles. The van der Waals surface area contributed by atoms with E-state index >= 15 is 0 Å². The summed E-state index contributed by atoms with van der Waals surface area (Å²) in [7, 11) is 0. The van der Waals surface area contributed by atoms with Crippen LogP contribution in [0.25, 0.3) is 0 Å². The summed E-state index contributed by atoms with van der Waals surface area (Å²) in [6.07, 6.45) is -5.09. The van der Waals surface area contributed by atoms with Gasteiger partial charge in [-0.1, -0.05) is 0 Å². The van der Waals surface area contributed by atoms with Crippen molar-refractivity contribution in [1.82, 2.24) is 5.32 Å². The van der Waals surface area contributed by atoms with Gasteiger partial charge < -0.3 is 53.4 Å². The smallest absolute Gasteiger partial charge is 0.303 e. The lowest BCUT2D eigenvalue weighted by atomic mass is 9.98. The highest BCUT2D eigenvalue weighted by Gasteiger charge is 2.49. The van der Waals surface area contributed by atoms with Crippen LogP contribution in [0.4, 0.5) is 0 Å². The third kappa shape index (κ3) is 15.2. The number of esters is 3. The quantitative estimate of drug-likeness (QED) is 0.0794. The fraction of sp³-hybridized carbons (Fsp3) is 0.760. The maximum atomic E-state index is 11.9. The number of carbonyl (C=O) groups excluding carboxylic acids is 5. The van der Waals surface area contributed by atoms with E-state index in [1.165, 1.54) is 6.92 Å². The van der Waals surface area contributed by atoms with E-state index in [0.29, 0.717) is 0 Å². The zero-order valence-corrected chi connectivity index (χ0v) is 24.1. The second-order valence-electron chi connectivity index (χ2n) is 8.75. The lowest BCUT2D eigenvalue weighted by Crippen LogP contribution is -2.60. The third-order valence-electron chi connectivity index (χ3n) is 5.11. The molecule has 0 saturated carbocycles. The molecule has 4 atom stereocenters. The Kier molecular flexibility index (Phi) is 18.3. The maximum absolute atomic E-state index is 11.9. The second-order valence-corrected chi connectivity index (χ2v) is 8.75. The van der Waals surface area contributed by atoms with Crippen LogP contribution in [0.5, 0.6) is 0 Å². The highest BCUT2D eigenvalue weighted by molar-refractivity contribution is 6.01. The number of hydrogen-bond donors (Lipinski definition) is 3. The number of rotatable bonds is 19. The van der Waals surface area contributed by atoms with Crippen LogP contribution in [-0.4, -0.2) is 142 Å². The fourth-order valence-electron chi connectivity index (χ4n) is 3.43. The third-order valence-corrected chi connectivity index (χ3v) is 5.11. The van der Waals surface area contributed by atoms with Gasteiger partial charge in [-0.05, 0) is 0 Å². The summed E-state index contributed by atoms with van der Waals surface area (Å²) in [5.74, 6) is -3.27. The first kappa shape index (κ1) is 37.0. The van der Waals surface area contributed by atoms with Gasteiger partial charge in [-0.25, -0.2) is 4.99 Å². The largest absolute Gasteiger partial charge is 0.463 e. The molecule has 0 aromatic rings. The van der Waals surface area contributed by atoms with Crippen molar-refractivity contribution in [3.63, 3.8) is 0 Å². The van der Waals surface area contributed by atoms with Crippen molar-refractivity contribution in [2.24, 2.45) is 4.99 Å². The first-order valence-electron chi connectivity index (χ1n) is 13.1. The molecule has 0 aliphatic carbocycles. The number of ether oxygens (including phenoxy) is 8. The van der Waals surface area contributed by atoms with E-state index in [1.807, 2.05) is 0 Å². The summed E-state index contributed by atoms with van der Waals surface area (Å²) >= 11 is 0. The van der Waals surface area contributed by atoms with Crippen LogP contribution in [0.1, 0.15) is 27.7 Å². The normalized spacial score (nSPS) is 21.2. The molecule has 0 unspecified atom stereocenters. The Morgan fingerprint density at radius 1 is 0.833 bits per heavy atom. The van der Waals surface area contributed by atoms with Gasteiger partial charge >= 0.3 is 17.9 Å². The van der Waals surface area contributed by atoms with Crippen LogP contribution in [0.3, 0.4) is 0 Å². The van der Waals surface area contributed by atoms with Gasteiger partial charge in [-0.15, -0.1) is 0 Å². The van der Waals surface area contributed by atoms with Crippen LogP contribution in [0.15, 0.2) is 4.99 Å². The molecule has 1 rings (SSSR count). The van der Waals surface area contributed by atoms with E-state index in [0.717, 1.165) is 20.8 Å². The Morgan fingerprint density at radius 3 is 1.93 bits per heavy atom. The molecular weight excluding hydrogens is 568 g/mol. The Hall–Kier alpha value is -3.06. The van der Waals surface area contributed by atoms with Crippen molar-refractivity contribution in [1.29, 1.82) is 0 Å². The molecule has 1 aliphatic heterocycles. The summed E-state index contributed by atoms with van der Waals surface area (Å²) in [6, 6.07) is -0.744. The topological polar surface area (TPSA) is 224 Å². The lowest BCUT2D eigenvalue weighted by molar-refractivity contribution is -0.222. The highest BCUT2D eigenvalue weighted by atomic mass is 16.7. The lowest BCUT2D eigenvalue weighted by Gasteiger charge is -2.40. The molecule has 1 saturated heterocycles. The molecule has 17 heteroatoms. The minimum atomic E-state index is -1.36. The number of amides is 2. The summed E-state index contributed by atoms with van der Waals surface area (Å²) in [6.45, 7) is 3.86. The Bertz CT molecular complexity index is 908. The Labute approximate surface area is 242 Å². The summed E-state index contributed by atoms with van der Waals surface area (Å²) in [4.78, 5) is 62.3. The van der Waals surface area contributed by atoms with Gasteiger partial charge in [0.25, 0.3) is 0 Å². The summed E-state index contributed by atoms with van der Waals surface area (Å²) < 4.78 is 43.0. The molecule has 42 heavy (non-hydrogen) atoms. The van der Waals surface area contributed by atoms with Gasteiger partial charge in [-0.2, -0.15) is 0 Å². The predicted molar refractivity (Wildman–Crippen MR) is 139 cm³/mol. The van der Waals surface area contributed by atoms with Crippen molar-refractivity contribution in [3.05, 3.63) is 0 Å². The number of nitrogens with zero attached hydrogens (tertiary/aromatic N) is 1. The second kappa shape index (κ2) is 20.8. The van der Waals surface area contributed by atoms with E-state index in [4.69, 9.17) is 48.1 Å². The van der Waals surface area contributed by atoms with Crippen LogP contribution in [-0.2, 0) is 61.9 Å². The van der Waals surface area contributed by atoms with Gasteiger partial charge in [0.05, 0.1) is 58.9 Å². The monoisotopic (exact) mass is 608 g/mol. The number of hydrogen-bond acceptors (Lipinski definition) is 15. The van der Waals surface area contributed by atoms with Crippen LogP contribution in [0, 0.1) is 0 Å². The number of carbonyl (C=O) groups is 5. The SMILES string of the molecule is CC(=O)N=C1[C@H](OCCOCCOCCOCC(=O)NC(CO)CO)O[C@H](COC(C)=O)[C@H](OC(C)=O)[C@@H]1OC(C)=O. The maximum Gasteiger partial charge on any atom is 0.303 e. The minimum absolute atomic E-state index is 0.0599. The van der Waals surface area contributed by atoms with E-state index in [1.54, 1.807) is 0 Å². The molecule has 0 spiro atoms. The average Bonchev–Trinajstić information content (AvgIpc) is 2.91. The molecule has 0 aromatic heterocycles. The molecule has 3 N–H and O–H groups in total. The van der Waals surface area contributed by atoms with Crippen molar-refractivity contribution in [2.75, 3.05) is 66.1 Å². The molecule has 240 valence electrons. The summed E-state index contributed by atoms with van der Waals surface area (Å²) in [5.41, 5.74) is -0.150. The Morgan fingerprint density at radius 2 is 1.40 bits per heavy atom. The summed E-state index contributed by atoms with van der Waals surface area (Å²) in [5, 5.41) is 20.2. The van der Waals surface area contributed by atoms with Crippen molar-refractivity contribution < 1.29 is 72.1 Å². The molecular formula is C25H40N2O15. The highest BCUT2D eigenvalue weighted by Crippen LogP contribution is 2.26. The number of nitrogens with one attached hydrogen (secondary N) is 1. The standard InChI is InChI=1S/C25H40N2O15/c1-15(30)26-22-24(41-18(4)33)23(40-17(3)32)20(13-39-16(2)31)42-25(22)38-10-9-36-6-5-35-7-8-37-14-21(34)27-19(11-28)12-29/h19-20,23-25,28-29H,5-14H2,1-4H3,(H,27,34)/t20-,23+,24-,25-/m1/s1. The van der Waals surface area contributed by atoms with Crippen LogP contribution in [0.2, 0.25) is 0 Å². The first-order valence-corrected chi connectivity index (χ1v) is 13.1. The van der Waals surface area contributed by atoms with Gasteiger partial charge in [-0.3, -0.25) is 24.0 Å². The first-order chi connectivity index (χ1) is 20.0.